The van der Waals surface area contributed by atoms with E-state index in [1.54, 1.807) is 11.3 Å². The lowest BCUT2D eigenvalue weighted by Crippen LogP contribution is -1.97. The summed E-state index contributed by atoms with van der Waals surface area (Å²) in [6, 6.07) is 14.5. The molecule has 0 spiro atoms. The molecule has 0 unspecified atom stereocenters. The third kappa shape index (κ3) is 2.67. The summed E-state index contributed by atoms with van der Waals surface area (Å²) in [5, 5.41) is 3.44. The third-order valence-electron chi connectivity index (χ3n) is 3.30. The molecule has 3 aromatic rings. The van der Waals surface area contributed by atoms with Crippen molar-refractivity contribution in [3.63, 3.8) is 0 Å². The van der Waals surface area contributed by atoms with Crippen LogP contribution < -0.4 is 4.74 Å². The van der Waals surface area contributed by atoms with Crippen molar-refractivity contribution in [2.75, 3.05) is 0 Å². The first-order valence-corrected chi connectivity index (χ1v) is 7.93. The molecule has 0 amide bonds. The minimum Gasteiger partial charge on any atom is -0.489 e. The van der Waals surface area contributed by atoms with Gasteiger partial charge in [0.25, 0.3) is 0 Å². The molecule has 0 saturated carbocycles. The number of hydrogen-bond donors (Lipinski definition) is 0. The Morgan fingerprint density at radius 1 is 1.10 bits per heavy atom. The van der Waals surface area contributed by atoms with Crippen LogP contribution in [0, 0.1) is 6.92 Å². The fraction of sp³-hybridized carbons (Fsp3) is 0.176. The molecule has 102 valence electrons. The van der Waals surface area contributed by atoms with Crippen LogP contribution in [0.3, 0.4) is 0 Å². The normalized spacial score (nSPS) is 10.9. The number of hydrogen-bond acceptors (Lipinski definition) is 2. The van der Waals surface area contributed by atoms with Crippen LogP contribution in [0.25, 0.3) is 10.1 Å². The Morgan fingerprint density at radius 3 is 2.80 bits per heavy atom. The van der Waals surface area contributed by atoms with Crippen LogP contribution in [0.4, 0.5) is 0 Å². The van der Waals surface area contributed by atoms with Crippen molar-refractivity contribution in [2.45, 2.75) is 19.4 Å². The largest absolute Gasteiger partial charge is 0.489 e. The summed E-state index contributed by atoms with van der Waals surface area (Å²) in [7, 11) is 0. The molecule has 0 atom stereocenters. The lowest BCUT2D eigenvalue weighted by Gasteiger charge is -2.10. The summed E-state index contributed by atoms with van der Waals surface area (Å²) in [4.78, 5) is 0. The smallest absolute Gasteiger partial charge is 0.124 e. The molecule has 0 aliphatic rings. The van der Waals surface area contributed by atoms with E-state index in [1.807, 2.05) is 6.07 Å². The predicted molar refractivity (Wildman–Crippen MR) is 86.9 cm³/mol. The van der Waals surface area contributed by atoms with Crippen LogP contribution in [-0.2, 0) is 12.5 Å². The number of ether oxygens (including phenoxy) is 1. The first-order chi connectivity index (χ1) is 9.78. The molecule has 3 rings (SSSR count). The van der Waals surface area contributed by atoms with Gasteiger partial charge in [0.15, 0.2) is 0 Å². The predicted octanol–water partition coefficient (Wildman–Crippen LogP) is 5.53. The minimum atomic E-state index is 0.474. The van der Waals surface area contributed by atoms with Gasteiger partial charge in [0.2, 0.25) is 0 Å². The zero-order valence-electron chi connectivity index (χ0n) is 11.2. The van der Waals surface area contributed by atoms with Crippen LogP contribution in [0.1, 0.15) is 16.7 Å². The average Bonchev–Trinajstić information content (AvgIpc) is 2.89. The molecular formula is C17H15ClOS. The number of alkyl halides is 1. The van der Waals surface area contributed by atoms with Crippen LogP contribution in [-0.4, -0.2) is 0 Å². The Bertz CT molecular complexity index is 733. The molecule has 0 aliphatic carbocycles. The molecule has 0 N–H and O–H groups in total. The Hall–Kier alpha value is -1.51. The number of benzene rings is 2. The molecule has 0 bridgehead atoms. The van der Waals surface area contributed by atoms with Gasteiger partial charge in [-0.25, -0.2) is 0 Å². The van der Waals surface area contributed by atoms with Gasteiger partial charge >= 0.3 is 0 Å². The summed E-state index contributed by atoms with van der Waals surface area (Å²) >= 11 is 7.74. The van der Waals surface area contributed by atoms with E-state index >= 15 is 0 Å². The number of halogens is 1. The average molecular weight is 303 g/mol. The van der Waals surface area contributed by atoms with Crippen LogP contribution in [0.5, 0.6) is 5.75 Å². The first kappa shape index (κ1) is 13.5. The molecule has 0 aliphatic heterocycles. The van der Waals surface area contributed by atoms with Gasteiger partial charge in [0, 0.05) is 15.8 Å². The molecule has 0 saturated heterocycles. The highest BCUT2D eigenvalue weighted by Gasteiger charge is 2.07. The molecule has 1 nitrogen and oxygen atoms in total. The Morgan fingerprint density at radius 2 is 1.95 bits per heavy atom. The molecular weight excluding hydrogens is 288 g/mol. The van der Waals surface area contributed by atoms with Gasteiger partial charge in [-0.3, -0.25) is 0 Å². The van der Waals surface area contributed by atoms with E-state index in [1.165, 1.54) is 21.2 Å². The number of fused-ring (bicyclic) bond motifs is 1. The van der Waals surface area contributed by atoms with Crippen molar-refractivity contribution >= 4 is 33.0 Å². The molecule has 1 heterocycles. The van der Waals surface area contributed by atoms with E-state index in [-0.39, 0.29) is 0 Å². The van der Waals surface area contributed by atoms with Crippen LogP contribution in [0.2, 0.25) is 0 Å². The van der Waals surface area contributed by atoms with Gasteiger partial charge in [-0.2, -0.15) is 0 Å². The molecule has 2 aromatic carbocycles. The number of rotatable bonds is 4. The van der Waals surface area contributed by atoms with E-state index < -0.39 is 0 Å². The summed E-state index contributed by atoms with van der Waals surface area (Å²) in [6.45, 7) is 2.64. The van der Waals surface area contributed by atoms with Crippen molar-refractivity contribution in [3.05, 3.63) is 64.5 Å². The maximum Gasteiger partial charge on any atom is 0.124 e. The van der Waals surface area contributed by atoms with E-state index in [9.17, 15) is 0 Å². The van der Waals surface area contributed by atoms with Crippen molar-refractivity contribution in [1.82, 2.24) is 0 Å². The maximum atomic E-state index is 5.98. The highest BCUT2D eigenvalue weighted by molar-refractivity contribution is 7.17. The van der Waals surface area contributed by atoms with Gasteiger partial charge in [-0.05, 0) is 29.8 Å². The second-order valence-electron chi connectivity index (χ2n) is 4.79. The summed E-state index contributed by atoms with van der Waals surface area (Å²) < 4.78 is 7.26. The van der Waals surface area contributed by atoms with Crippen LogP contribution >= 0.6 is 22.9 Å². The van der Waals surface area contributed by atoms with Crippen molar-refractivity contribution in [2.24, 2.45) is 0 Å². The lowest BCUT2D eigenvalue weighted by atomic mass is 10.1. The summed E-state index contributed by atoms with van der Waals surface area (Å²) in [5.41, 5.74) is 3.48. The molecule has 3 heteroatoms. The zero-order chi connectivity index (χ0) is 13.9. The first-order valence-electron chi connectivity index (χ1n) is 6.51. The fourth-order valence-corrected chi connectivity index (χ4v) is 3.41. The number of thiophene rings is 1. The Kier molecular flexibility index (Phi) is 3.95. The van der Waals surface area contributed by atoms with Crippen molar-refractivity contribution in [3.8, 4) is 5.75 Å². The third-order valence-corrected chi connectivity index (χ3v) is 4.60. The van der Waals surface area contributed by atoms with Gasteiger partial charge in [-0.15, -0.1) is 22.9 Å². The molecule has 0 fully saturated rings. The Labute approximate surface area is 127 Å². The SMILES string of the molecule is Cc1ccc(OCc2csc3ccccc23)c(CCl)c1. The molecule has 20 heavy (non-hydrogen) atoms. The minimum absolute atomic E-state index is 0.474. The van der Waals surface area contributed by atoms with E-state index in [4.69, 9.17) is 16.3 Å². The number of aryl methyl sites for hydroxylation is 1. The lowest BCUT2D eigenvalue weighted by molar-refractivity contribution is 0.305. The topological polar surface area (TPSA) is 9.23 Å². The van der Waals surface area contributed by atoms with E-state index in [0.29, 0.717) is 12.5 Å². The van der Waals surface area contributed by atoms with Gasteiger partial charge in [0.1, 0.15) is 12.4 Å². The van der Waals surface area contributed by atoms with Crippen LogP contribution in [0.15, 0.2) is 47.8 Å². The zero-order valence-corrected chi connectivity index (χ0v) is 12.8. The second-order valence-corrected chi connectivity index (χ2v) is 5.97. The fourth-order valence-electron chi connectivity index (χ4n) is 2.25. The van der Waals surface area contributed by atoms with Gasteiger partial charge < -0.3 is 4.74 Å². The molecule has 1 aromatic heterocycles. The highest BCUT2D eigenvalue weighted by Crippen LogP contribution is 2.28. The highest BCUT2D eigenvalue weighted by atomic mass is 35.5. The van der Waals surface area contributed by atoms with E-state index in [2.05, 4.69) is 48.7 Å². The maximum absolute atomic E-state index is 5.98. The second kappa shape index (κ2) is 5.86. The molecule has 0 radical (unpaired) electrons. The standard InChI is InChI=1S/C17H15ClOS/c1-12-6-7-16(13(8-12)9-18)19-10-14-11-20-17-5-3-2-4-15(14)17/h2-8,11H,9-10H2,1H3. The summed E-state index contributed by atoms with van der Waals surface area (Å²) in [5.74, 6) is 1.35. The van der Waals surface area contributed by atoms with E-state index in [0.717, 1.165) is 11.3 Å². The monoisotopic (exact) mass is 302 g/mol. The van der Waals surface area contributed by atoms with Crippen molar-refractivity contribution in [1.29, 1.82) is 0 Å². The quantitative estimate of drug-likeness (QED) is 0.576. The summed E-state index contributed by atoms with van der Waals surface area (Å²) in [6.07, 6.45) is 0. The Balaban J connectivity index is 1.83. The van der Waals surface area contributed by atoms with Crippen molar-refractivity contribution < 1.29 is 4.74 Å². The van der Waals surface area contributed by atoms with Gasteiger partial charge in [0.05, 0.1) is 5.88 Å². The van der Waals surface area contributed by atoms with Gasteiger partial charge in [-0.1, -0.05) is 35.9 Å².